The van der Waals surface area contributed by atoms with E-state index in [2.05, 4.69) is 29.0 Å². The fourth-order valence-corrected chi connectivity index (χ4v) is 10.3. The van der Waals surface area contributed by atoms with Crippen LogP contribution in [0.1, 0.15) is 91.5 Å². The highest BCUT2D eigenvalue weighted by Crippen LogP contribution is 2.67. The zero-order chi connectivity index (χ0) is 37.4. The number of amides is 2. The van der Waals surface area contributed by atoms with Crippen molar-refractivity contribution in [3.05, 3.63) is 74.8 Å². The summed E-state index contributed by atoms with van der Waals surface area (Å²) in [5.74, 6) is 3.15. The highest BCUT2D eigenvalue weighted by Gasteiger charge is 2.57. The average Bonchev–Trinajstić information content (AvgIpc) is 3.53. The van der Waals surface area contributed by atoms with Crippen LogP contribution in [0.5, 0.6) is 0 Å². The van der Waals surface area contributed by atoms with Crippen LogP contribution in [0.2, 0.25) is 0 Å². The van der Waals surface area contributed by atoms with Gasteiger partial charge in [-0.2, -0.15) is 0 Å². The number of rotatable bonds is 13. The summed E-state index contributed by atoms with van der Waals surface area (Å²) in [5.41, 5.74) is 5.68. The summed E-state index contributed by atoms with van der Waals surface area (Å²) in [4.78, 5) is 51.7. The third kappa shape index (κ3) is 7.45. The van der Waals surface area contributed by atoms with Crippen molar-refractivity contribution in [3.8, 4) is 11.1 Å². The zero-order valence-corrected chi connectivity index (χ0v) is 31.7. The van der Waals surface area contributed by atoms with Crippen LogP contribution in [0, 0.1) is 48.3 Å². The summed E-state index contributed by atoms with van der Waals surface area (Å²) < 4.78 is 0. The molecule has 11 heteroatoms. The van der Waals surface area contributed by atoms with Crippen molar-refractivity contribution in [2.24, 2.45) is 29.1 Å². The van der Waals surface area contributed by atoms with E-state index in [4.69, 9.17) is 15.8 Å². The summed E-state index contributed by atoms with van der Waals surface area (Å²) in [5, 5.41) is 19.3. The summed E-state index contributed by atoms with van der Waals surface area (Å²) in [6.07, 6.45) is 13.7. The molecule has 280 valence electrons. The largest absolute Gasteiger partial charge is 0.353 e. The first kappa shape index (κ1) is 36.7. The number of aromatic amines is 1. The number of nitrogens with two attached hydrogens (primary N) is 2. The molecule has 53 heavy (non-hydrogen) atoms. The molecule has 3 atom stereocenters. The van der Waals surface area contributed by atoms with Crippen LogP contribution in [-0.4, -0.2) is 71.3 Å². The summed E-state index contributed by atoms with van der Waals surface area (Å²) in [6, 6.07) is 9.88. The number of hydrogen-bond donors (Lipinski definition) is 5. The van der Waals surface area contributed by atoms with Gasteiger partial charge in [-0.05, 0) is 131 Å². The van der Waals surface area contributed by atoms with Gasteiger partial charge in [0.15, 0.2) is 0 Å². The van der Waals surface area contributed by atoms with E-state index in [-0.39, 0.29) is 35.9 Å². The van der Waals surface area contributed by atoms with Crippen LogP contribution < -0.4 is 26.5 Å². The van der Waals surface area contributed by atoms with Gasteiger partial charge in [0.1, 0.15) is 23.6 Å². The lowest BCUT2D eigenvalue weighted by molar-refractivity contribution is -0.603. The molecule has 1 saturated heterocycles. The van der Waals surface area contributed by atoms with Gasteiger partial charge in [0.2, 0.25) is 5.91 Å². The number of quaternary nitrogens is 1. The molecule has 11 nitrogen and oxygen atoms in total. The van der Waals surface area contributed by atoms with Gasteiger partial charge in [0.25, 0.3) is 11.5 Å². The van der Waals surface area contributed by atoms with E-state index in [1.807, 2.05) is 54.5 Å². The van der Waals surface area contributed by atoms with Gasteiger partial charge in [0, 0.05) is 68.0 Å². The molecular formula is C42H56N8O3+2. The van der Waals surface area contributed by atoms with E-state index in [1.165, 1.54) is 38.3 Å². The fraction of sp³-hybridized carbons (Fsp3) is 0.524. The number of aryl methyl sites for hydroxylation is 2. The Morgan fingerprint density at radius 1 is 1.08 bits per heavy atom. The molecular weight excluding hydrogens is 665 g/mol. The first-order valence-corrected chi connectivity index (χ1v) is 19.5. The molecule has 4 bridgehead atoms. The Morgan fingerprint density at radius 3 is 2.43 bits per heavy atom. The standard InChI is InChI=1S/C42H54N8O3/c1-25(2)47-37-18-32(17-34(35(37)22-44)39(51)46-24-36-26(3)13-27(4)48-40(36)52)31-5-6-38(45-23-31)49-9-11-50(12-10-49)41(53)30(21-43)7-8-42-19-28-14-29(20-42)16-33(42)15-28/h5-6,13,17-18,21-23,25,28-30,33,43-44,47H,7-12,14-16,19-20,24H2,1-4H3,(H,46,51)(H,48,52)/p+2/t28?,29?,30-,33?,42?/m0/s1. The van der Waals surface area contributed by atoms with Gasteiger partial charge in [0.05, 0.1) is 17.2 Å². The van der Waals surface area contributed by atoms with Crippen LogP contribution in [0.3, 0.4) is 0 Å². The van der Waals surface area contributed by atoms with Gasteiger partial charge in [-0.1, -0.05) is 0 Å². The van der Waals surface area contributed by atoms with Gasteiger partial charge in [-0.3, -0.25) is 19.8 Å². The van der Waals surface area contributed by atoms with Crippen LogP contribution in [0.25, 0.3) is 11.1 Å². The first-order chi connectivity index (χ1) is 25.5. The zero-order valence-electron chi connectivity index (χ0n) is 31.7. The number of aromatic nitrogens is 2. The van der Waals surface area contributed by atoms with Gasteiger partial charge >= 0.3 is 0 Å². The SMILES string of the molecule is Cc1cc(C)c(CNC(=O)c2cc(-c3ccc(N4CCN(C(=O)[C@H](C=[NH2+])CCC56CC7CC(CC5C7)C6)CC4)nc3)cc([NH2+]C(C)C)c2C=N)c(=O)[nH]1. The molecule has 1 aromatic carbocycles. The van der Waals surface area contributed by atoms with E-state index >= 15 is 0 Å². The molecule has 8 rings (SSSR count). The maximum absolute atomic E-state index is 13.7. The van der Waals surface area contributed by atoms with Crippen molar-refractivity contribution in [3.63, 3.8) is 0 Å². The Hall–Kier alpha value is -4.64. The normalized spacial score (nSPS) is 23.8. The third-order valence-electron chi connectivity index (χ3n) is 12.7. The second-order valence-electron chi connectivity index (χ2n) is 16.7. The topological polar surface area (TPSA) is 164 Å². The lowest BCUT2D eigenvalue weighted by Gasteiger charge is -2.37. The number of pyridine rings is 2. The highest BCUT2D eigenvalue weighted by atomic mass is 16.2. The van der Waals surface area contributed by atoms with Crippen LogP contribution in [0.4, 0.5) is 11.5 Å². The van der Waals surface area contributed by atoms with Gasteiger partial charge < -0.3 is 30.8 Å². The predicted molar refractivity (Wildman–Crippen MR) is 207 cm³/mol. The van der Waals surface area contributed by atoms with Crippen molar-refractivity contribution in [2.75, 3.05) is 31.1 Å². The molecule has 5 aliphatic rings. The minimum atomic E-state index is -0.355. The third-order valence-corrected chi connectivity index (χ3v) is 12.7. The van der Waals surface area contributed by atoms with Crippen molar-refractivity contribution < 1.29 is 20.3 Å². The monoisotopic (exact) mass is 720 g/mol. The summed E-state index contributed by atoms with van der Waals surface area (Å²) >= 11 is 0. The number of anilines is 1. The lowest BCUT2D eigenvalue weighted by Crippen LogP contribution is -2.83. The second kappa shape index (κ2) is 15.0. The number of hydrogen-bond acceptors (Lipinski definition) is 6. The van der Waals surface area contributed by atoms with Crippen LogP contribution >= 0.6 is 0 Å². The van der Waals surface area contributed by atoms with Crippen LogP contribution in [-0.2, 0) is 11.3 Å². The number of H-pyrrole nitrogens is 1. The predicted octanol–water partition coefficient (Wildman–Crippen LogP) is 3.29. The van der Waals surface area contributed by atoms with E-state index in [9.17, 15) is 14.4 Å². The molecule has 0 radical (unpaired) electrons. The summed E-state index contributed by atoms with van der Waals surface area (Å²) in [7, 11) is 0. The molecule has 0 spiro atoms. The fourth-order valence-electron chi connectivity index (χ4n) is 10.3. The summed E-state index contributed by atoms with van der Waals surface area (Å²) in [6.45, 7) is 10.5. The molecule has 7 N–H and O–H groups in total. The van der Waals surface area contributed by atoms with E-state index in [1.54, 1.807) is 12.3 Å². The lowest BCUT2D eigenvalue weighted by atomic mass is 9.72. The molecule has 5 fully saturated rings. The maximum atomic E-state index is 13.7. The number of carbonyl (C=O) groups excluding carboxylic acids is 2. The molecule has 2 aromatic heterocycles. The number of carbonyl (C=O) groups is 2. The van der Waals surface area contributed by atoms with E-state index in [0.29, 0.717) is 48.3 Å². The van der Waals surface area contributed by atoms with Crippen molar-refractivity contribution in [1.82, 2.24) is 20.2 Å². The van der Waals surface area contributed by atoms with E-state index < -0.39 is 0 Å². The Morgan fingerprint density at radius 2 is 1.81 bits per heavy atom. The first-order valence-electron chi connectivity index (χ1n) is 19.5. The Kier molecular flexibility index (Phi) is 10.4. The Labute approximate surface area is 312 Å². The number of nitrogens with zero attached hydrogens (tertiary/aromatic N) is 3. The van der Waals surface area contributed by atoms with Crippen molar-refractivity contribution in [2.45, 2.75) is 85.2 Å². The average molecular weight is 721 g/mol. The second-order valence-corrected chi connectivity index (χ2v) is 16.7. The Balaban J connectivity index is 1.01. The van der Waals surface area contributed by atoms with Crippen LogP contribution in [0.15, 0.2) is 41.3 Å². The minimum absolute atomic E-state index is 0.0767. The molecule has 2 unspecified atom stereocenters. The molecule has 3 aromatic rings. The minimum Gasteiger partial charge on any atom is -0.353 e. The van der Waals surface area contributed by atoms with Crippen molar-refractivity contribution >= 4 is 35.7 Å². The van der Waals surface area contributed by atoms with Gasteiger partial charge in [-0.25, -0.2) is 4.98 Å². The Bertz CT molecular complexity index is 1930. The molecule has 2 amide bonds. The van der Waals surface area contributed by atoms with E-state index in [0.717, 1.165) is 64.5 Å². The molecule has 4 saturated carbocycles. The smallest absolute Gasteiger partial charge is 0.253 e. The molecule has 4 aliphatic carbocycles. The number of piperazine rings is 1. The number of benzene rings is 1. The molecule has 3 heterocycles. The van der Waals surface area contributed by atoms with Crippen molar-refractivity contribution in [1.29, 1.82) is 5.41 Å². The highest BCUT2D eigenvalue weighted by molar-refractivity contribution is 6.05. The maximum Gasteiger partial charge on any atom is 0.253 e. The quantitative estimate of drug-likeness (QED) is 0.135. The molecule has 1 aliphatic heterocycles. The number of nitrogens with one attached hydrogen (secondary N) is 3. The van der Waals surface area contributed by atoms with Gasteiger partial charge in [-0.15, -0.1) is 0 Å².